The average molecular weight is 512 g/mol. The monoisotopic (exact) mass is 511 g/mol. The summed E-state index contributed by atoms with van der Waals surface area (Å²) < 4.78 is 50.4. The number of benzene rings is 2. The molecule has 1 aliphatic carbocycles. The molecule has 8 nitrogen and oxygen atoms in total. The van der Waals surface area contributed by atoms with Gasteiger partial charge in [-0.2, -0.15) is 13.2 Å². The zero-order valence-electron chi connectivity index (χ0n) is 19.8. The molecular weight excluding hydrogens is 487 g/mol. The molecule has 1 atom stereocenters. The van der Waals surface area contributed by atoms with Crippen LogP contribution >= 0.6 is 0 Å². The molecule has 0 bridgehead atoms. The second kappa shape index (κ2) is 9.64. The van der Waals surface area contributed by atoms with Gasteiger partial charge in [0.2, 0.25) is 0 Å². The van der Waals surface area contributed by atoms with E-state index in [-0.39, 0.29) is 12.1 Å². The van der Waals surface area contributed by atoms with E-state index < -0.39 is 18.4 Å². The van der Waals surface area contributed by atoms with Crippen LogP contribution in [0.4, 0.5) is 29.3 Å². The van der Waals surface area contributed by atoms with Crippen LogP contribution in [-0.4, -0.2) is 32.9 Å². The number of ether oxygens (including phenoxy) is 2. The molecule has 5 rings (SSSR count). The highest BCUT2D eigenvalue weighted by Gasteiger charge is 2.39. The largest absolute Gasteiger partial charge is 0.437 e. The first kappa shape index (κ1) is 24.4. The topological polar surface area (TPSA) is 104 Å². The van der Waals surface area contributed by atoms with Gasteiger partial charge in [-0.3, -0.25) is 5.32 Å². The maximum atomic E-state index is 12.7. The quantitative estimate of drug-likeness (QED) is 0.299. The molecular formula is C26H24F3N5O3. The maximum absolute atomic E-state index is 12.7. The van der Waals surface area contributed by atoms with Crippen LogP contribution in [0.5, 0.6) is 11.8 Å². The molecule has 1 saturated carbocycles. The molecule has 2 heterocycles. The molecule has 1 aliphatic rings. The number of nitrogen functional groups attached to an aromatic ring is 1. The predicted octanol–water partition coefficient (Wildman–Crippen LogP) is 6.70. The molecule has 0 unspecified atom stereocenters. The summed E-state index contributed by atoms with van der Waals surface area (Å²) in [5.41, 5.74) is 10.1. The van der Waals surface area contributed by atoms with Crippen molar-refractivity contribution >= 4 is 28.4 Å². The van der Waals surface area contributed by atoms with Crippen LogP contribution in [-0.2, 0) is 4.74 Å². The summed E-state index contributed by atoms with van der Waals surface area (Å²) >= 11 is 0. The van der Waals surface area contributed by atoms with Crippen LogP contribution in [0.1, 0.15) is 32.2 Å². The number of nitrogens with one attached hydrogen (secondary N) is 1. The number of fused-ring (bicyclic) bond motifs is 1. The summed E-state index contributed by atoms with van der Waals surface area (Å²) in [7, 11) is 0. The van der Waals surface area contributed by atoms with Gasteiger partial charge >= 0.3 is 18.3 Å². The molecule has 1 fully saturated rings. The van der Waals surface area contributed by atoms with E-state index in [0.717, 1.165) is 48.3 Å². The summed E-state index contributed by atoms with van der Waals surface area (Å²) in [6.45, 7) is 0.772. The van der Waals surface area contributed by atoms with Gasteiger partial charge < -0.3 is 19.8 Å². The Balaban J connectivity index is 1.44. The molecule has 2 aromatic carbocycles. The van der Waals surface area contributed by atoms with Crippen LogP contribution in [0.2, 0.25) is 0 Å². The van der Waals surface area contributed by atoms with Gasteiger partial charge in [-0.1, -0.05) is 12.1 Å². The second-order valence-corrected chi connectivity index (χ2v) is 8.82. The van der Waals surface area contributed by atoms with E-state index in [4.69, 9.17) is 10.5 Å². The first-order chi connectivity index (χ1) is 17.7. The minimum absolute atomic E-state index is 0.239. The van der Waals surface area contributed by atoms with Gasteiger partial charge in [-0.25, -0.2) is 14.8 Å². The Morgan fingerprint density at radius 2 is 1.84 bits per heavy atom. The third-order valence-corrected chi connectivity index (χ3v) is 6.36. The smallest absolute Gasteiger partial charge is 0.425 e. The number of aromatic nitrogens is 3. The number of nitrogens with zero attached hydrogens (tertiary/aromatic N) is 3. The number of hydrogen-bond acceptors (Lipinski definition) is 6. The van der Waals surface area contributed by atoms with E-state index >= 15 is 0 Å². The minimum Gasteiger partial charge on any atom is -0.437 e. The van der Waals surface area contributed by atoms with Crippen molar-refractivity contribution in [3.63, 3.8) is 0 Å². The first-order valence-corrected chi connectivity index (χ1v) is 11.7. The van der Waals surface area contributed by atoms with Crippen molar-refractivity contribution in [1.29, 1.82) is 0 Å². The van der Waals surface area contributed by atoms with Crippen LogP contribution in [0.25, 0.3) is 22.2 Å². The first-order valence-electron chi connectivity index (χ1n) is 11.7. The fraction of sp³-hybridized carbons (Fsp3) is 0.269. The zero-order valence-corrected chi connectivity index (χ0v) is 19.8. The lowest BCUT2D eigenvalue weighted by Gasteiger charge is -2.30. The molecule has 4 aromatic rings. The van der Waals surface area contributed by atoms with E-state index in [1.807, 2.05) is 18.2 Å². The number of rotatable bonds is 6. The third kappa shape index (κ3) is 5.02. The van der Waals surface area contributed by atoms with Gasteiger partial charge in [-0.15, -0.1) is 0 Å². The van der Waals surface area contributed by atoms with Gasteiger partial charge in [0.15, 0.2) is 6.10 Å². The van der Waals surface area contributed by atoms with Crippen LogP contribution in [0, 0.1) is 0 Å². The predicted molar refractivity (Wildman–Crippen MR) is 132 cm³/mol. The lowest BCUT2D eigenvalue weighted by molar-refractivity contribution is -0.196. The van der Waals surface area contributed by atoms with Crippen molar-refractivity contribution in [2.24, 2.45) is 0 Å². The Kier molecular flexibility index (Phi) is 6.36. The fourth-order valence-corrected chi connectivity index (χ4v) is 4.23. The van der Waals surface area contributed by atoms with Crippen molar-refractivity contribution in [3.05, 3.63) is 60.9 Å². The zero-order chi connectivity index (χ0) is 26.2. The van der Waals surface area contributed by atoms with Crippen molar-refractivity contribution in [3.8, 4) is 23.0 Å². The Labute approximate surface area is 210 Å². The second-order valence-electron chi connectivity index (χ2n) is 8.82. The summed E-state index contributed by atoms with van der Waals surface area (Å²) in [4.78, 5) is 20.1. The van der Waals surface area contributed by atoms with Crippen molar-refractivity contribution in [2.45, 2.75) is 44.5 Å². The van der Waals surface area contributed by atoms with Gasteiger partial charge in [0.1, 0.15) is 5.75 Å². The molecule has 3 N–H and O–H groups in total. The standard InChI is InChI=1S/C26H24F3N5O3/c1-15(26(27,28)29)36-25(35)33-17-8-6-16(7-9-17)23-22(30)20-11-10-19(37-24-31-12-3-13-32-24)14-21(20)34(23)18-4-2-5-18/h3,6-15,18H,2,4-5,30H2,1H3,(H,33,35)/t15-/m1/s1. The van der Waals surface area contributed by atoms with E-state index in [9.17, 15) is 18.0 Å². The molecule has 1 amide bonds. The average Bonchev–Trinajstić information content (AvgIpc) is 3.10. The van der Waals surface area contributed by atoms with Crippen molar-refractivity contribution in [2.75, 3.05) is 11.1 Å². The number of amides is 1. The Hall–Kier alpha value is -4.28. The lowest BCUT2D eigenvalue weighted by atomic mass is 9.92. The molecule has 0 aliphatic heterocycles. The number of nitrogens with two attached hydrogens (primary N) is 1. The van der Waals surface area contributed by atoms with Crippen molar-refractivity contribution in [1.82, 2.24) is 14.5 Å². The summed E-state index contributed by atoms with van der Waals surface area (Å²) in [5.74, 6) is 0.578. The van der Waals surface area contributed by atoms with Crippen molar-refractivity contribution < 1.29 is 27.4 Å². The highest BCUT2D eigenvalue weighted by atomic mass is 19.4. The van der Waals surface area contributed by atoms with Gasteiger partial charge in [0, 0.05) is 41.1 Å². The van der Waals surface area contributed by atoms with E-state index in [0.29, 0.717) is 17.1 Å². The number of alkyl halides is 3. The molecule has 2 aromatic heterocycles. The number of carbonyl (C=O) groups excluding carboxylic acids is 1. The Morgan fingerprint density at radius 3 is 2.46 bits per heavy atom. The molecule has 0 spiro atoms. The van der Waals surface area contributed by atoms with Gasteiger partial charge in [0.25, 0.3) is 0 Å². The number of halogens is 3. The Morgan fingerprint density at radius 1 is 1.14 bits per heavy atom. The molecule has 11 heteroatoms. The number of hydrogen-bond donors (Lipinski definition) is 2. The van der Waals surface area contributed by atoms with Crippen LogP contribution in [0.15, 0.2) is 60.9 Å². The highest BCUT2D eigenvalue weighted by molar-refractivity contribution is 6.01. The normalized spacial score (nSPS) is 14.7. The van der Waals surface area contributed by atoms with Crippen LogP contribution in [0.3, 0.4) is 0 Å². The SMILES string of the molecule is C[C@@H](OC(=O)Nc1ccc(-c2c(N)c3ccc(Oc4ncccn4)cc3n2C2CCC2)cc1)C(F)(F)F. The summed E-state index contributed by atoms with van der Waals surface area (Å²) in [6, 6.07) is 14.5. The summed E-state index contributed by atoms with van der Waals surface area (Å²) in [5, 5.41) is 3.20. The third-order valence-electron chi connectivity index (χ3n) is 6.36. The number of carbonyl (C=O) groups is 1. The highest BCUT2D eigenvalue weighted by Crippen LogP contribution is 2.45. The van der Waals surface area contributed by atoms with E-state index in [2.05, 4.69) is 24.6 Å². The van der Waals surface area contributed by atoms with Gasteiger partial charge in [0.05, 0.1) is 16.9 Å². The van der Waals surface area contributed by atoms with E-state index in [1.165, 1.54) is 0 Å². The maximum Gasteiger partial charge on any atom is 0.425 e. The Bertz CT molecular complexity index is 1420. The fourth-order valence-electron chi connectivity index (χ4n) is 4.23. The molecule has 0 radical (unpaired) electrons. The van der Waals surface area contributed by atoms with E-state index in [1.54, 1.807) is 42.7 Å². The molecule has 0 saturated heterocycles. The minimum atomic E-state index is -4.63. The molecule has 37 heavy (non-hydrogen) atoms. The van der Waals surface area contributed by atoms with Gasteiger partial charge in [-0.05, 0) is 56.5 Å². The molecule has 192 valence electrons. The lowest BCUT2D eigenvalue weighted by Crippen LogP contribution is -2.32. The summed E-state index contributed by atoms with van der Waals surface area (Å²) in [6.07, 6.45) is -1.71. The number of anilines is 2. The van der Waals surface area contributed by atoms with Crippen LogP contribution < -0.4 is 15.8 Å².